The molecule has 0 radical (unpaired) electrons. The Labute approximate surface area is 170 Å². The lowest BCUT2D eigenvalue weighted by Crippen LogP contribution is -2.38. The number of aromatic amines is 1. The predicted molar refractivity (Wildman–Crippen MR) is 115 cm³/mol. The van der Waals surface area contributed by atoms with E-state index in [1.54, 1.807) is 7.11 Å². The summed E-state index contributed by atoms with van der Waals surface area (Å²) in [5.74, 6) is 2.51. The van der Waals surface area contributed by atoms with Crippen LogP contribution in [-0.4, -0.2) is 42.7 Å². The van der Waals surface area contributed by atoms with Gasteiger partial charge in [-0.15, -0.1) is 0 Å². The third kappa shape index (κ3) is 5.39. The number of nitrogens with zero attached hydrogens (tertiary/aromatic N) is 2. The molecule has 3 aromatic rings. The van der Waals surface area contributed by atoms with Crippen molar-refractivity contribution >= 4 is 28.6 Å². The molecule has 0 atom stereocenters. The molecule has 0 saturated heterocycles. The Balaban J connectivity index is 1.52. The third-order valence-electron chi connectivity index (χ3n) is 4.35. The number of methoxy groups -OCH3 is 1. The van der Waals surface area contributed by atoms with Gasteiger partial charge in [0.25, 0.3) is 0 Å². The van der Waals surface area contributed by atoms with Gasteiger partial charge in [0.05, 0.1) is 18.1 Å². The zero-order valence-corrected chi connectivity index (χ0v) is 17.0. The van der Waals surface area contributed by atoms with Crippen molar-refractivity contribution in [3.8, 4) is 5.75 Å². The first-order valence-corrected chi connectivity index (χ1v) is 9.85. The molecule has 0 aliphatic rings. The van der Waals surface area contributed by atoms with E-state index in [4.69, 9.17) is 16.3 Å². The smallest absolute Gasteiger partial charge is 0.191 e. The van der Waals surface area contributed by atoms with Crippen molar-refractivity contribution in [1.82, 2.24) is 20.6 Å². The van der Waals surface area contributed by atoms with Crippen LogP contribution in [0.4, 0.5) is 0 Å². The van der Waals surface area contributed by atoms with Crippen molar-refractivity contribution < 1.29 is 4.74 Å². The van der Waals surface area contributed by atoms with E-state index in [9.17, 15) is 0 Å². The molecule has 0 amide bonds. The number of aromatic nitrogens is 2. The van der Waals surface area contributed by atoms with E-state index in [-0.39, 0.29) is 0 Å². The summed E-state index contributed by atoms with van der Waals surface area (Å²) >= 11 is 6.31. The van der Waals surface area contributed by atoms with Gasteiger partial charge in [0, 0.05) is 31.1 Å². The summed E-state index contributed by atoms with van der Waals surface area (Å²) in [7, 11) is 1.64. The highest BCUT2D eigenvalue weighted by molar-refractivity contribution is 6.31. The van der Waals surface area contributed by atoms with Crippen LogP contribution in [0.2, 0.25) is 5.02 Å². The second-order valence-electron chi connectivity index (χ2n) is 6.35. The third-order valence-corrected chi connectivity index (χ3v) is 4.70. The van der Waals surface area contributed by atoms with E-state index in [0.717, 1.165) is 60.1 Å². The first kappa shape index (κ1) is 20.0. The highest BCUT2D eigenvalue weighted by atomic mass is 35.5. The Morgan fingerprint density at radius 1 is 1.18 bits per heavy atom. The number of guanidine groups is 1. The molecule has 1 aromatic heterocycles. The number of rotatable bonds is 8. The van der Waals surface area contributed by atoms with Crippen LogP contribution in [0.3, 0.4) is 0 Å². The fraction of sp³-hybridized carbons (Fsp3) is 0.333. The molecule has 6 nitrogen and oxygen atoms in total. The van der Waals surface area contributed by atoms with Gasteiger partial charge in [-0.25, -0.2) is 4.98 Å². The average molecular weight is 400 g/mol. The van der Waals surface area contributed by atoms with Crippen molar-refractivity contribution in [2.75, 3.05) is 26.7 Å². The molecule has 0 aliphatic carbocycles. The summed E-state index contributed by atoms with van der Waals surface area (Å²) < 4.78 is 5.19. The number of benzene rings is 2. The fourth-order valence-electron chi connectivity index (χ4n) is 2.91. The lowest BCUT2D eigenvalue weighted by molar-refractivity contribution is 0.414. The summed E-state index contributed by atoms with van der Waals surface area (Å²) in [5.41, 5.74) is 3.12. The topological polar surface area (TPSA) is 74.3 Å². The van der Waals surface area contributed by atoms with Gasteiger partial charge in [0.1, 0.15) is 11.6 Å². The lowest BCUT2D eigenvalue weighted by atomic mass is 10.1. The molecule has 0 saturated carbocycles. The molecule has 0 bridgehead atoms. The number of aliphatic imine (C=N–C) groups is 1. The minimum atomic E-state index is 0.651. The average Bonchev–Trinajstić information content (AvgIpc) is 3.12. The van der Waals surface area contributed by atoms with Crippen LogP contribution in [0, 0.1) is 0 Å². The molecule has 1 heterocycles. The van der Waals surface area contributed by atoms with E-state index >= 15 is 0 Å². The standard InChI is InChI=1S/C21H26ClN5O/c1-3-23-21(24-12-10-15-8-9-16(28-2)14-17(15)22)25-13-11-20-26-18-6-4-5-7-19(18)27-20/h4-9,14H,3,10-13H2,1-2H3,(H,26,27)(H2,23,24,25). The Kier molecular flexibility index (Phi) is 7.14. The summed E-state index contributed by atoms with van der Waals surface area (Å²) in [5, 5.41) is 7.34. The maximum absolute atomic E-state index is 6.31. The van der Waals surface area contributed by atoms with E-state index in [1.807, 2.05) is 42.5 Å². The molecule has 148 valence electrons. The normalized spacial score (nSPS) is 11.6. The molecule has 0 spiro atoms. The largest absolute Gasteiger partial charge is 0.497 e. The first-order chi connectivity index (χ1) is 13.7. The molecule has 2 aromatic carbocycles. The van der Waals surface area contributed by atoms with Gasteiger partial charge in [-0.2, -0.15) is 0 Å². The van der Waals surface area contributed by atoms with Crippen LogP contribution >= 0.6 is 11.6 Å². The molecular weight excluding hydrogens is 374 g/mol. The molecule has 0 fully saturated rings. The van der Waals surface area contributed by atoms with E-state index in [1.165, 1.54) is 0 Å². The maximum atomic E-state index is 6.31. The van der Waals surface area contributed by atoms with Gasteiger partial charge in [-0.1, -0.05) is 29.8 Å². The van der Waals surface area contributed by atoms with Crippen LogP contribution in [0.25, 0.3) is 11.0 Å². The van der Waals surface area contributed by atoms with Gasteiger partial charge in [-0.3, -0.25) is 4.99 Å². The summed E-state index contributed by atoms with van der Waals surface area (Å²) in [6.07, 6.45) is 1.56. The summed E-state index contributed by atoms with van der Waals surface area (Å²) in [6, 6.07) is 13.8. The number of fused-ring (bicyclic) bond motifs is 1. The van der Waals surface area contributed by atoms with Gasteiger partial charge in [-0.05, 0) is 43.2 Å². The second-order valence-corrected chi connectivity index (χ2v) is 6.75. The number of nitrogens with one attached hydrogen (secondary N) is 3. The monoisotopic (exact) mass is 399 g/mol. The number of hydrogen-bond acceptors (Lipinski definition) is 3. The van der Waals surface area contributed by atoms with Crippen molar-refractivity contribution in [2.45, 2.75) is 19.8 Å². The number of imidazole rings is 1. The Hall–Kier alpha value is -2.73. The van der Waals surface area contributed by atoms with Crippen LogP contribution in [0.1, 0.15) is 18.3 Å². The minimum absolute atomic E-state index is 0.651. The minimum Gasteiger partial charge on any atom is -0.497 e. The molecule has 0 unspecified atom stereocenters. The molecule has 28 heavy (non-hydrogen) atoms. The van der Waals surface area contributed by atoms with E-state index in [2.05, 4.69) is 32.5 Å². The predicted octanol–water partition coefficient (Wildman–Crippen LogP) is 3.57. The van der Waals surface area contributed by atoms with Crippen LogP contribution < -0.4 is 15.4 Å². The van der Waals surface area contributed by atoms with Crippen molar-refractivity contribution in [3.63, 3.8) is 0 Å². The zero-order valence-electron chi connectivity index (χ0n) is 16.3. The van der Waals surface area contributed by atoms with Gasteiger partial charge < -0.3 is 20.4 Å². The number of para-hydroxylation sites is 2. The number of ether oxygens (including phenoxy) is 1. The van der Waals surface area contributed by atoms with E-state index < -0.39 is 0 Å². The van der Waals surface area contributed by atoms with Gasteiger partial charge >= 0.3 is 0 Å². The van der Waals surface area contributed by atoms with E-state index in [0.29, 0.717) is 11.6 Å². The van der Waals surface area contributed by atoms with Crippen molar-refractivity contribution in [1.29, 1.82) is 0 Å². The van der Waals surface area contributed by atoms with Crippen LogP contribution in [0.5, 0.6) is 5.75 Å². The molecule has 7 heteroatoms. The summed E-state index contributed by atoms with van der Waals surface area (Å²) in [4.78, 5) is 12.6. The Bertz CT molecular complexity index is 904. The van der Waals surface area contributed by atoms with Gasteiger partial charge in [0.15, 0.2) is 5.96 Å². The number of H-pyrrole nitrogens is 1. The van der Waals surface area contributed by atoms with Gasteiger partial charge in [0.2, 0.25) is 0 Å². The number of halogens is 1. The van der Waals surface area contributed by atoms with Crippen LogP contribution in [0.15, 0.2) is 47.5 Å². The highest BCUT2D eigenvalue weighted by Crippen LogP contribution is 2.22. The summed E-state index contributed by atoms with van der Waals surface area (Å²) in [6.45, 7) is 4.25. The Morgan fingerprint density at radius 3 is 2.79 bits per heavy atom. The molecule has 3 N–H and O–H groups in total. The van der Waals surface area contributed by atoms with Crippen molar-refractivity contribution in [3.05, 3.63) is 58.9 Å². The second kappa shape index (κ2) is 9.99. The first-order valence-electron chi connectivity index (χ1n) is 9.48. The molecule has 3 rings (SSSR count). The van der Waals surface area contributed by atoms with Crippen LogP contribution in [-0.2, 0) is 12.8 Å². The fourth-order valence-corrected chi connectivity index (χ4v) is 3.18. The molecular formula is C21H26ClN5O. The quantitative estimate of drug-likeness (QED) is 0.400. The van der Waals surface area contributed by atoms with Crippen molar-refractivity contribution in [2.24, 2.45) is 4.99 Å². The Morgan fingerprint density at radius 2 is 2.04 bits per heavy atom. The lowest BCUT2D eigenvalue weighted by Gasteiger charge is -2.12. The molecule has 0 aliphatic heterocycles. The highest BCUT2D eigenvalue weighted by Gasteiger charge is 2.04. The zero-order chi connectivity index (χ0) is 19.8. The SMILES string of the molecule is CCNC(=NCCc1nc2ccccc2[nH]1)NCCc1ccc(OC)cc1Cl. The maximum Gasteiger partial charge on any atom is 0.191 e. The number of hydrogen-bond donors (Lipinski definition) is 3.